The van der Waals surface area contributed by atoms with Crippen molar-refractivity contribution in [3.63, 3.8) is 0 Å². The number of amides is 4. The molecule has 0 aliphatic rings. The molecule has 1 atom stereocenters. The highest BCUT2D eigenvalue weighted by atomic mass is 16.2. The molecule has 0 bridgehead atoms. The lowest BCUT2D eigenvalue weighted by molar-refractivity contribution is -0.129. The fourth-order valence-electron chi connectivity index (χ4n) is 7.31. The quantitative estimate of drug-likeness (QED) is 0.0371. The Bertz CT molecular complexity index is 1520. The molecule has 2 aromatic carbocycles. The molecule has 1 aromatic heterocycles. The van der Waals surface area contributed by atoms with E-state index in [1.54, 1.807) is 0 Å². The van der Waals surface area contributed by atoms with Gasteiger partial charge in [-0.15, -0.1) is 0 Å². The first-order valence-corrected chi connectivity index (χ1v) is 22.3. The van der Waals surface area contributed by atoms with E-state index in [9.17, 15) is 19.2 Å². The van der Waals surface area contributed by atoms with Gasteiger partial charge in [0.25, 0.3) is 5.91 Å². The Morgan fingerprint density at radius 3 is 1.46 bits per heavy atom. The zero-order valence-electron chi connectivity index (χ0n) is 34.9. The molecule has 0 spiro atoms. The van der Waals surface area contributed by atoms with E-state index in [0.29, 0.717) is 31.6 Å². The number of hydrogen-bond donors (Lipinski definition) is 4. The smallest absolute Gasteiger partial charge is 0.252 e. The van der Waals surface area contributed by atoms with Gasteiger partial charge in [0.2, 0.25) is 17.7 Å². The Labute approximate surface area is 337 Å². The largest absolute Gasteiger partial charge is 0.356 e. The number of benzene rings is 2. The molecule has 3 rings (SSSR count). The lowest BCUT2D eigenvalue weighted by Crippen LogP contribution is -2.47. The molecular weight excluding hydrogens is 699 g/mol. The SMILES string of the molecule is CCCCCCCCCCCCNC(=O)CCC(NC(=O)CCCNC(=O)c1c2ccccc2nc2ccccc12)C(=O)NCCCCCCCCCCCC. The molecule has 1 unspecified atom stereocenters. The topological polar surface area (TPSA) is 129 Å². The Kier molecular flexibility index (Phi) is 24.2. The number of rotatable bonds is 32. The van der Waals surface area contributed by atoms with Gasteiger partial charge in [-0.05, 0) is 37.8 Å². The first kappa shape index (κ1) is 46.4. The van der Waals surface area contributed by atoms with Gasteiger partial charge < -0.3 is 21.3 Å². The van der Waals surface area contributed by atoms with Crippen LogP contribution in [0.5, 0.6) is 0 Å². The normalized spacial score (nSPS) is 11.8. The molecule has 9 nitrogen and oxygen atoms in total. The summed E-state index contributed by atoms with van der Waals surface area (Å²) in [7, 11) is 0. The summed E-state index contributed by atoms with van der Waals surface area (Å²) in [6, 6.07) is 14.4. The van der Waals surface area contributed by atoms with E-state index in [1.165, 1.54) is 96.3 Å². The third-order valence-electron chi connectivity index (χ3n) is 10.7. The van der Waals surface area contributed by atoms with Gasteiger partial charge in [0, 0.05) is 43.2 Å². The molecule has 0 aliphatic carbocycles. The van der Waals surface area contributed by atoms with Crippen molar-refractivity contribution in [2.24, 2.45) is 0 Å². The lowest BCUT2D eigenvalue weighted by atomic mass is 10.0. The minimum Gasteiger partial charge on any atom is -0.356 e. The minimum absolute atomic E-state index is 0.0958. The van der Waals surface area contributed by atoms with Crippen LogP contribution in [0.3, 0.4) is 0 Å². The summed E-state index contributed by atoms with van der Waals surface area (Å²) < 4.78 is 0. The number of unbranched alkanes of at least 4 members (excludes halogenated alkanes) is 18. The van der Waals surface area contributed by atoms with E-state index in [2.05, 4.69) is 35.1 Å². The molecule has 4 amide bonds. The van der Waals surface area contributed by atoms with Crippen LogP contribution in [0.4, 0.5) is 0 Å². The monoisotopic (exact) mass is 772 g/mol. The molecular formula is C47H73N5O4. The van der Waals surface area contributed by atoms with Crippen LogP contribution in [0.2, 0.25) is 0 Å². The van der Waals surface area contributed by atoms with Gasteiger partial charge in [0.15, 0.2) is 0 Å². The molecule has 4 N–H and O–H groups in total. The molecule has 1 heterocycles. The molecule has 310 valence electrons. The molecule has 0 radical (unpaired) electrons. The molecule has 0 aliphatic heterocycles. The summed E-state index contributed by atoms with van der Waals surface area (Å²) in [5, 5.41) is 13.5. The molecule has 0 saturated carbocycles. The molecule has 9 heteroatoms. The number of fused-ring (bicyclic) bond motifs is 2. The van der Waals surface area contributed by atoms with Gasteiger partial charge in [-0.1, -0.05) is 166 Å². The first-order chi connectivity index (χ1) is 27.4. The number of carbonyl (C=O) groups excluding carboxylic acids is 4. The number of nitrogens with zero attached hydrogens (tertiary/aromatic N) is 1. The van der Waals surface area contributed by atoms with Crippen molar-refractivity contribution in [3.8, 4) is 0 Å². The van der Waals surface area contributed by atoms with Crippen LogP contribution in [-0.2, 0) is 14.4 Å². The third kappa shape index (κ3) is 18.8. The molecule has 3 aromatic rings. The van der Waals surface area contributed by atoms with Crippen molar-refractivity contribution in [2.75, 3.05) is 19.6 Å². The predicted molar refractivity (Wildman–Crippen MR) is 232 cm³/mol. The van der Waals surface area contributed by atoms with Crippen molar-refractivity contribution >= 4 is 45.4 Å². The average molecular weight is 772 g/mol. The van der Waals surface area contributed by atoms with Crippen LogP contribution in [0.25, 0.3) is 21.8 Å². The predicted octanol–water partition coefficient (Wildman–Crippen LogP) is 10.2. The molecule has 56 heavy (non-hydrogen) atoms. The summed E-state index contributed by atoms with van der Waals surface area (Å²) >= 11 is 0. The van der Waals surface area contributed by atoms with E-state index < -0.39 is 6.04 Å². The fourth-order valence-corrected chi connectivity index (χ4v) is 7.31. The second kappa shape index (κ2) is 29.3. The van der Waals surface area contributed by atoms with Crippen molar-refractivity contribution in [1.82, 2.24) is 26.3 Å². The van der Waals surface area contributed by atoms with Crippen molar-refractivity contribution in [2.45, 2.75) is 174 Å². The van der Waals surface area contributed by atoms with Gasteiger partial charge >= 0.3 is 0 Å². The Morgan fingerprint density at radius 2 is 0.946 bits per heavy atom. The van der Waals surface area contributed by atoms with Crippen LogP contribution < -0.4 is 21.3 Å². The van der Waals surface area contributed by atoms with E-state index in [-0.39, 0.29) is 42.9 Å². The van der Waals surface area contributed by atoms with Gasteiger partial charge in [-0.3, -0.25) is 19.2 Å². The fraction of sp³-hybridized carbons (Fsp3) is 0.638. The highest BCUT2D eigenvalue weighted by Gasteiger charge is 2.22. The van der Waals surface area contributed by atoms with Crippen molar-refractivity contribution < 1.29 is 19.2 Å². The Balaban J connectivity index is 1.42. The lowest BCUT2D eigenvalue weighted by Gasteiger charge is -2.19. The summed E-state index contributed by atoms with van der Waals surface area (Å²) in [5.41, 5.74) is 2.07. The number of para-hydroxylation sites is 2. The van der Waals surface area contributed by atoms with Crippen LogP contribution >= 0.6 is 0 Å². The van der Waals surface area contributed by atoms with Crippen LogP contribution in [0.1, 0.15) is 178 Å². The van der Waals surface area contributed by atoms with Gasteiger partial charge in [0.1, 0.15) is 6.04 Å². The zero-order chi connectivity index (χ0) is 40.1. The standard InChI is InChI=1S/C47H73N5O4/c1-3-5-7-9-11-13-15-17-19-25-35-48-43(53)34-33-42(46(55)49-36-26-20-18-16-14-12-10-8-6-4-2)52-44(54)32-27-37-50-47(56)45-38-28-21-23-30-40(38)51-41-31-24-22-29-39(41)45/h21-24,28-31,42H,3-20,25-27,32-37H2,1-2H3,(H,48,53)(H,49,55)(H,50,56)(H,52,54). The summed E-state index contributed by atoms with van der Waals surface area (Å²) in [6.45, 7) is 5.97. The van der Waals surface area contributed by atoms with Gasteiger partial charge in [0.05, 0.1) is 16.6 Å². The van der Waals surface area contributed by atoms with E-state index in [4.69, 9.17) is 4.98 Å². The maximum Gasteiger partial charge on any atom is 0.252 e. The maximum absolute atomic E-state index is 13.4. The van der Waals surface area contributed by atoms with Crippen LogP contribution in [0, 0.1) is 0 Å². The summed E-state index contributed by atoms with van der Waals surface area (Å²) in [6.07, 6.45) is 25.5. The second-order valence-corrected chi connectivity index (χ2v) is 15.5. The van der Waals surface area contributed by atoms with E-state index in [1.807, 2.05) is 48.5 Å². The summed E-state index contributed by atoms with van der Waals surface area (Å²) in [4.78, 5) is 57.3. The summed E-state index contributed by atoms with van der Waals surface area (Å²) in [5.74, 6) is -0.833. The molecule has 0 saturated heterocycles. The van der Waals surface area contributed by atoms with Crippen molar-refractivity contribution in [3.05, 3.63) is 54.1 Å². The minimum atomic E-state index is -0.794. The Hall–Kier alpha value is -4.01. The van der Waals surface area contributed by atoms with E-state index >= 15 is 0 Å². The van der Waals surface area contributed by atoms with E-state index in [0.717, 1.165) is 53.9 Å². The number of nitrogens with one attached hydrogen (secondary N) is 4. The van der Waals surface area contributed by atoms with Gasteiger partial charge in [-0.25, -0.2) is 4.98 Å². The molecule has 0 fully saturated rings. The third-order valence-corrected chi connectivity index (χ3v) is 10.7. The zero-order valence-corrected chi connectivity index (χ0v) is 34.9. The highest BCUT2D eigenvalue weighted by Crippen LogP contribution is 2.26. The van der Waals surface area contributed by atoms with Crippen molar-refractivity contribution in [1.29, 1.82) is 0 Å². The average Bonchev–Trinajstić information content (AvgIpc) is 3.21. The number of aromatic nitrogens is 1. The highest BCUT2D eigenvalue weighted by molar-refractivity contribution is 6.16. The van der Waals surface area contributed by atoms with Crippen LogP contribution in [-0.4, -0.2) is 54.3 Å². The number of pyridine rings is 1. The van der Waals surface area contributed by atoms with Crippen LogP contribution in [0.15, 0.2) is 48.5 Å². The number of hydrogen-bond acceptors (Lipinski definition) is 5. The van der Waals surface area contributed by atoms with Gasteiger partial charge in [-0.2, -0.15) is 0 Å². The maximum atomic E-state index is 13.4. The number of carbonyl (C=O) groups is 4. The Morgan fingerprint density at radius 1 is 0.500 bits per heavy atom. The first-order valence-electron chi connectivity index (χ1n) is 22.3. The second-order valence-electron chi connectivity index (χ2n) is 15.5.